The lowest BCUT2D eigenvalue weighted by Crippen LogP contribution is -2.48. The smallest absolute Gasteiger partial charge is 0.0187 e. The molecule has 0 unspecified atom stereocenters. The van der Waals surface area contributed by atoms with Gasteiger partial charge in [0.1, 0.15) is 0 Å². The van der Waals surface area contributed by atoms with Gasteiger partial charge < -0.3 is 0 Å². The molecule has 7 rings (SSSR count). The highest BCUT2D eigenvalue weighted by atomic mass is 79.9. The molecule has 4 aliphatic carbocycles. The third-order valence-electron chi connectivity index (χ3n) is 7.87. The van der Waals surface area contributed by atoms with Crippen molar-refractivity contribution in [2.24, 2.45) is 17.8 Å². The van der Waals surface area contributed by atoms with Crippen LogP contribution in [-0.4, -0.2) is 0 Å². The summed E-state index contributed by atoms with van der Waals surface area (Å²) in [6.07, 6.45) is 8.85. The van der Waals surface area contributed by atoms with Crippen LogP contribution in [-0.2, 0) is 5.41 Å². The Labute approximate surface area is 182 Å². The first-order valence-corrected chi connectivity index (χ1v) is 11.9. The summed E-state index contributed by atoms with van der Waals surface area (Å²) in [4.78, 5) is 0. The fraction of sp³-hybridized carbons (Fsp3) is 0.357. The number of halogens is 1. The quantitative estimate of drug-likeness (QED) is 0.382. The van der Waals surface area contributed by atoms with Gasteiger partial charge in [0.05, 0.1) is 0 Å². The van der Waals surface area contributed by atoms with E-state index in [4.69, 9.17) is 0 Å². The van der Waals surface area contributed by atoms with Gasteiger partial charge in [-0.3, -0.25) is 0 Å². The van der Waals surface area contributed by atoms with Crippen LogP contribution in [0.4, 0.5) is 0 Å². The molecule has 0 spiro atoms. The van der Waals surface area contributed by atoms with E-state index in [1.165, 1.54) is 60.8 Å². The van der Waals surface area contributed by atoms with E-state index in [9.17, 15) is 0 Å². The van der Waals surface area contributed by atoms with E-state index < -0.39 is 0 Å². The summed E-state index contributed by atoms with van der Waals surface area (Å²) in [5.41, 5.74) is 7.23. The van der Waals surface area contributed by atoms with Crippen LogP contribution in [0.2, 0.25) is 0 Å². The number of hydrogen-bond donors (Lipinski definition) is 0. The van der Waals surface area contributed by atoms with Gasteiger partial charge in [-0.25, -0.2) is 0 Å². The maximum absolute atomic E-state index is 3.73. The Kier molecular flexibility index (Phi) is 4.24. The molecule has 0 aromatic heterocycles. The van der Waals surface area contributed by atoms with Crippen molar-refractivity contribution in [3.8, 4) is 22.3 Å². The van der Waals surface area contributed by atoms with Crippen molar-refractivity contribution < 1.29 is 0 Å². The first kappa shape index (κ1) is 18.0. The summed E-state index contributed by atoms with van der Waals surface area (Å²) in [5, 5.41) is 0. The van der Waals surface area contributed by atoms with Crippen molar-refractivity contribution in [2.45, 2.75) is 43.9 Å². The predicted molar refractivity (Wildman–Crippen MR) is 125 cm³/mol. The summed E-state index contributed by atoms with van der Waals surface area (Å²) >= 11 is 3.73. The minimum Gasteiger partial charge on any atom is -0.0622 e. The molecule has 146 valence electrons. The van der Waals surface area contributed by atoms with Crippen molar-refractivity contribution >= 4 is 15.9 Å². The van der Waals surface area contributed by atoms with E-state index in [1.807, 2.05) is 0 Å². The molecule has 29 heavy (non-hydrogen) atoms. The van der Waals surface area contributed by atoms with Crippen molar-refractivity contribution in [2.75, 3.05) is 0 Å². The minimum absolute atomic E-state index is 0.486. The van der Waals surface area contributed by atoms with Gasteiger partial charge >= 0.3 is 0 Å². The fourth-order valence-electron chi connectivity index (χ4n) is 7.03. The molecule has 4 saturated carbocycles. The summed E-state index contributed by atoms with van der Waals surface area (Å²) in [6.45, 7) is 0. The third-order valence-corrected chi connectivity index (χ3v) is 8.33. The maximum Gasteiger partial charge on any atom is 0.0187 e. The van der Waals surface area contributed by atoms with Gasteiger partial charge in [-0.05, 0) is 108 Å². The summed E-state index contributed by atoms with van der Waals surface area (Å²) in [7, 11) is 0. The Morgan fingerprint density at radius 2 is 1.10 bits per heavy atom. The lowest BCUT2D eigenvalue weighted by molar-refractivity contribution is -0.00518. The molecular weight excluding hydrogens is 416 g/mol. The average molecular weight is 443 g/mol. The SMILES string of the molecule is Brc1cc(-c2ccccc2)cc(-c2ccc(C34CC5CC(CC(C5)C3)C4)cc2)c1. The van der Waals surface area contributed by atoms with Crippen LogP contribution in [0.3, 0.4) is 0 Å². The van der Waals surface area contributed by atoms with Gasteiger partial charge in [0.2, 0.25) is 0 Å². The molecule has 4 aliphatic rings. The zero-order chi connectivity index (χ0) is 19.4. The van der Waals surface area contributed by atoms with Crippen molar-refractivity contribution in [1.82, 2.24) is 0 Å². The van der Waals surface area contributed by atoms with Crippen LogP contribution >= 0.6 is 15.9 Å². The highest BCUT2D eigenvalue weighted by Crippen LogP contribution is 2.60. The van der Waals surface area contributed by atoms with Crippen LogP contribution in [0.15, 0.2) is 77.3 Å². The minimum atomic E-state index is 0.486. The number of benzene rings is 3. The molecule has 4 bridgehead atoms. The molecule has 4 fully saturated rings. The summed E-state index contributed by atoms with van der Waals surface area (Å²) in [6, 6.07) is 27.1. The van der Waals surface area contributed by atoms with Gasteiger partial charge in [-0.15, -0.1) is 0 Å². The molecule has 0 nitrogen and oxygen atoms in total. The van der Waals surface area contributed by atoms with Gasteiger partial charge in [-0.2, -0.15) is 0 Å². The fourth-order valence-corrected chi connectivity index (χ4v) is 7.53. The molecule has 0 atom stereocenters. The largest absolute Gasteiger partial charge is 0.0622 e. The Hall–Kier alpha value is -1.86. The second-order valence-corrected chi connectivity index (χ2v) is 10.8. The molecule has 0 N–H and O–H groups in total. The van der Waals surface area contributed by atoms with Crippen molar-refractivity contribution in [1.29, 1.82) is 0 Å². The van der Waals surface area contributed by atoms with Crippen LogP contribution in [0.25, 0.3) is 22.3 Å². The second kappa shape index (κ2) is 6.84. The summed E-state index contributed by atoms with van der Waals surface area (Å²) in [5.74, 6) is 3.00. The normalized spacial score (nSPS) is 29.9. The Balaban J connectivity index is 1.33. The Morgan fingerprint density at radius 1 is 0.586 bits per heavy atom. The van der Waals surface area contributed by atoms with E-state index in [-0.39, 0.29) is 0 Å². The van der Waals surface area contributed by atoms with E-state index in [1.54, 1.807) is 5.56 Å². The van der Waals surface area contributed by atoms with E-state index >= 15 is 0 Å². The molecule has 0 saturated heterocycles. The molecule has 1 heteroatoms. The molecule has 0 radical (unpaired) electrons. The van der Waals surface area contributed by atoms with Crippen LogP contribution in [0.1, 0.15) is 44.1 Å². The maximum atomic E-state index is 3.73. The van der Waals surface area contributed by atoms with Gasteiger partial charge in [0.15, 0.2) is 0 Å². The monoisotopic (exact) mass is 442 g/mol. The summed E-state index contributed by atoms with van der Waals surface area (Å²) < 4.78 is 1.14. The molecule has 0 aliphatic heterocycles. The molecular formula is C28H27Br. The zero-order valence-corrected chi connectivity index (χ0v) is 18.4. The molecule has 0 heterocycles. The highest BCUT2D eigenvalue weighted by molar-refractivity contribution is 9.10. The van der Waals surface area contributed by atoms with E-state index in [0.29, 0.717) is 5.41 Å². The first-order chi connectivity index (χ1) is 14.2. The van der Waals surface area contributed by atoms with Crippen LogP contribution in [0, 0.1) is 17.8 Å². The van der Waals surface area contributed by atoms with Crippen LogP contribution < -0.4 is 0 Å². The van der Waals surface area contributed by atoms with E-state index in [2.05, 4.69) is 88.7 Å². The van der Waals surface area contributed by atoms with Crippen molar-refractivity contribution in [3.05, 3.63) is 82.8 Å². The number of hydrogen-bond acceptors (Lipinski definition) is 0. The second-order valence-electron chi connectivity index (χ2n) is 9.87. The van der Waals surface area contributed by atoms with Gasteiger partial charge in [0, 0.05) is 4.47 Å². The highest BCUT2D eigenvalue weighted by Gasteiger charge is 2.51. The Morgan fingerprint density at radius 3 is 1.66 bits per heavy atom. The van der Waals surface area contributed by atoms with Gasteiger partial charge in [0.25, 0.3) is 0 Å². The molecule has 0 amide bonds. The lowest BCUT2D eigenvalue weighted by atomic mass is 9.48. The van der Waals surface area contributed by atoms with Crippen molar-refractivity contribution in [3.63, 3.8) is 0 Å². The standard InChI is InChI=1S/C28H27Br/c29-27-14-24(22-4-2-1-3-5-22)13-25(15-27)23-6-8-26(9-7-23)28-16-19-10-20(17-28)12-21(11-19)18-28/h1-9,13-15,19-21H,10-12,16-18H2. The first-order valence-electron chi connectivity index (χ1n) is 11.1. The van der Waals surface area contributed by atoms with E-state index in [0.717, 1.165) is 22.2 Å². The van der Waals surface area contributed by atoms with Gasteiger partial charge in [-0.1, -0.05) is 70.5 Å². The third kappa shape index (κ3) is 3.19. The number of rotatable bonds is 3. The topological polar surface area (TPSA) is 0 Å². The Bertz CT molecular complexity index is 996. The predicted octanol–water partition coefficient (Wildman–Crippen LogP) is 8.25. The lowest BCUT2D eigenvalue weighted by Gasteiger charge is -2.57. The zero-order valence-electron chi connectivity index (χ0n) is 16.8. The average Bonchev–Trinajstić information content (AvgIpc) is 2.73. The molecule has 3 aromatic rings. The van der Waals surface area contributed by atoms with Crippen LogP contribution in [0.5, 0.6) is 0 Å². The molecule has 3 aromatic carbocycles.